The number of hydrogen-bond acceptors (Lipinski definition) is 4. The number of benzene rings is 1. The molecule has 2 heterocycles. The van der Waals surface area contributed by atoms with Crippen LogP contribution in [0.4, 0.5) is 0 Å². The van der Waals surface area contributed by atoms with Gasteiger partial charge in [-0.3, -0.25) is 14.4 Å². The van der Waals surface area contributed by atoms with Crippen molar-refractivity contribution in [3.63, 3.8) is 0 Å². The van der Waals surface area contributed by atoms with Gasteiger partial charge in [-0.1, -0.05) is 49.6 Å². The number of ketones is 1. The molecular formula is C22H22N2O5. The van der Waals surface area contributed by atoms with Crippen molar-refractivity contribution >= 4 is 23.4 Å². The lowest BCUT2D eigenvalue weighted by molar-refractivity contribution is -0.138. The molecule has 1 aromatic carbocycles. The Bertz CT molecular complexity index is 1010. The highest BCUT2D eigenvalue weighted by atomic mass is 16.4. The Kier molecular flexibility index (Phi) is 4.74. The Balaban J connectivity index is 1.86. The van der Waals surface area contributed by atoms with Gasteiger partial charge < -0.3 is 20.1 Å². The molecule has 1 fully saturated rings. The predicted octanol–water partition coefficient (Wildman–Crippen LogP) is 2.87. The molecule has 0 atom stereocenters. The molecule has 1 amide bonds. The molecule has 0 saturated heterocycles. The minimum atomic E-state index is -1.22. The number of carboxylic acid groups (broad SMARTS) is 1. The number of aliphatic hydroxyl groups excluding tert-OH is 1. The molecule has 1 saturated carbocycles. The first-order valence-corrected chi connectivity index (χ1v) is 9.71. The molecule has 1 aliphatic heterocycles. The fourth-order valence-electron chi connectivity index (χ4n) is 4.43. The number of aliphatic hydroxyl groups is 1. The Morgan fingerprint density at radius 3 is 2.41 bits per heavy atom. The third-order valence-corrected chi connectivity index (χ3v) is 5.83. The van der Waals surface area contributed by atoms with E-state index >= 15 is 0 Å². The number of nitrogens with one attached hydrogen (secondary N) is 1. The molecule has 0 unspecified atom stereocenters. The van der Waals surface area contributed by atoms with Crippen molar-refractivity contribution in [3.8, 4) is 11.1 Å². The van der Waals surface area contributed by atoms with Crippen LogP contribution in [-0.2, 0) is 19.9 Å². The van der Waals surface area contributed by atoms with E-state index in [9.17, 15) is 19.5 Å². The average molecular weight is 394 g/mol. The lowest BCUT2D eigenvalue weighted by Crippen LogP contribution is -2.50. The molecule has 4 rings (SSSR count). The largest absolute Gasteiger partial charge is 0.505 e. The van der Waals surface area contributed by atoms with Crippen LogP contribution in [0.3, 0.4) is 0 Å². The van der Waals surface area contributed by atoms with Crippen LogP contribution in [0.15, 0.2) is 48.2 Å². The molecule has 29 heavy (non-hydrogen) atoms. The molecule has 1 aromatic heterocycles. The van der Waals surface area contributed by atoms with Gasteiger partial charge in [-0.05, 0) is 24.5 Å². The van der Waals surface area contributed by atoms with Gasteiger partial charge in [-0.25, -0.2) is 0 Å². The molecule has 3 N–H and O–H groups in total. The van der Waals surface area contributed by atoms with E-state index in [1.165, 1.54) is 0 Å². The van der Waals surface area contributed by atoms with E-state index in [-0.39, 0.29) is 5.57 Å². The summed E-state index contributed by atoms with van der Waals surface area (Å²) in [6.45, 7) is -0.619. The standard InChI is InChI=1S/C22H22N2O5/c25-17(26)12-23-21(29)18-19(27)16-11-15(14-7-3-1-4-8-14)13-24(16)22(20(18)28)9-5-2-6-10-22/h1,3-4,7-8,11,13,27H,2,5-6,9-10,12H2,(H,23,29)(H,25,26). The van der Waals surface area contributed by atoms with Gasteiger partial charge in [0.2, 0.25) is 0 Å². The van der Waals surface area contributed by atoms with Crippen molar-refractivity contribution in [3.05, 3.63) is 53.9 Å². The Morgan fingerprint density at radius 2 is 1.76 bits per heavy atom. The number of aliphatic carboxylic acids is 1. The first kappa shape index (κ1) is 19.0. The van der Waals surface area contributed by atoms with Crippen LogP contribution in [0.2, 0.25) is 0 Å². The van der Waals surface area contributed by atoms with Gasteiger partial charge in [0.15, 0.2) is 11.5 Å². The molecule has 1 aliphatic carbocycles. The maximum Gasteiger partial charge on any atom is 0.322 e. The number of carbonyl (C=O) groups excluding carboxylic acids is 2. The van der Waals surface area contributed by atoms with E-state index in [2.05, 4.69) is 5.32 Å². The highest BCUT2D eigenvalue weighted by Gasteiger charge is 2.49. The summed E-state index contributed by atoms with van der Waals surface area (Å²) >= 11 is 0. The second-order valence-corrected chi connectivity index (χ2v) is 7.57. The normalized spacial score (nSPS) is 17.9. The molecule has 7 nitrogen and oxygen atoms in total. The zero-order valence-electron chi connectivity index (χ0n) is 15.9. The fourth-order valence-corrected chi connectivity index (χ4v) is 4.43. The number of hydrogen-bond donors (Lipinski definition) is 3. The van der Waals surface area contributed by atoms with Gasteiger partial charge in [-0.15, -0.1) is 0 Å². The number of amides is 1. The van der Waals surface area contributed by atoms with E-state index in [0.717, 1.165) is 30.4 Å². The summed E-state index contributed by atoms with van der Waals surface area (Å²) in [5, 5.41) is 21.9. The van der Waals surface area contributed by atoms with Crippen LogP contribution in [0.1, 0.15) is 37.8 Å². The van der Waals surface area contributed by atoms with Crippen molar-refractivity contribution in [2.45, 2.75) is 37.6 Å². The second-order valence-electron chi connectivity index (χ2n) is 7.57. The molecule has 7 heteroatoms. The topological polar surface area (TPSA) is 109 Å². The minimum absolute atomic E-state index is 0.349. The minimum Gasteiger partial charge on any atom is -0.505 e. The maximum absolute atomic E-state index is 13.5. The van der Waals surface area contributed by atoms with Crippen LogP contribution in [0, 0.1) is 0 Å². The van der Waals surface area contributed by atoms with E-state index in [0.29, 0.717) is 18.5 Å². The van der Waals surface area contributed by atoms with E-state index < -0.39 is 35.5 Å². The quantitative estimate of drug-likeness (QED) is 0.691. The third-order valence-electron chi connectivity index (χ3n) is 5.83. The van der Waals surface area contributed by atoms with E-state index in [1.54, 1.807) is 6.07 Å². The molecule has 0 bridgehead atoms. The highest BCUT2D eigenvalue weighted by Crippen LogP contribution is 2.45. The Hall–Kier alpha value is -3.35. The molecule has 2 aromatic rings. The lowest BCUT2D eigenvalue weighted by atomic mass is 9.74. The number of carbonyl (C=O) groups is 3. The number of rotatable bonds is 4. The molecular weight excluding hydrogens is 372 g/mol. The summed E-state index contributed by atoms with van der Waals surface area (Å²) in [6, 6.07) is 11.4. The number of nitrogens with zero attached hydrogens (tertiary/aromatic N) is 1. The summed E-state index contributed by atoms with van der Waals surface area (Å²) in [5.41, 5.74) is 0.918. The zero-order chi connectivity index (χ0) is 20.6. The Labute approximate surface area is 167 Å². The van der Waals surface area contributed by atoms with Gasteiger partial charge >= 0.3 is 5.97 Å². The first-order valence-electron chi connectivity index (χ1n) is 9.71. The molecule has 1 spiro atoms. The van der Waals surface area contributed by atoms with Crippen molar-refractivity contribution in [2.75, 3.05) is 6.54 Å². The van der Waals surface area contributed by atoms with Gasteiger partial charge in [0, 0.05) is 11.8 Å². The SMILES string of the molecule is O=C(O)CNC(=O)C1=C(O)c2cc(-c3ccccc3)cn2C2(CCCCC2)C1=O. The fraction of sp³-hybridized carbons (Fsp3) is 0.318. The molecule has 0 radical (unpaired) electrons. The summed E-state index contributed by atoms with van der Waals surface area (Å²) in [5.74, 6) is -2.92. The summed E-state index contributed by atoms with van der Waals surface area (Å²) in [7, 11) is 0. The van der Waals surface area contributed by atoms with Crippen molar-refractivity contribution in [1.29, 1.82) is 0 Å². The summed E-state index contributed by atoms with van der Waals surface area (Å²) in [6.07, 6.45) is 5.71. The third kappa shape index (κ3) is 3.12. The number of aromatic nitrogens is 1. The van der Waals surface area contributed by atoms with Gasteiger partial charge in [-0.2, -0.15) is 0 Å². The lowest BCUT2D eigenvalue weighted by Gasteiger charge is -2.41. The highest BCUT2D eigenvalue weighted by molar-refractivity contribution is 6.27. The van der Waals surface area contributed by atoms with Crippen molar-refractivity contribution < 1.29 is 24.6 Å². The molecule has 2 aliphatic rings. The van der Waals surface area contributed by atoms with Crippen LogP contribution < -0.4 is 5.32 Å². The number of fused-ring (bicyclic) bond motifs is 2. The predicted molar refractivity (Wildman–Crippen MR) is 106 cm³/mol. The van der Waals surface area contributed by atoms with Crippen LogP contribution >= 0.6 is 0 Å². The second kappa shape index (κ2) is 7.24. The van der Waals surface area contributed by atoms with Crippen molar-refractivity contribution in [2.24, 2.45) is 0 Å². The van der Waals surface area contributed by atoms with Crippen LogP contribution in [0.25, 0.3) is 16.9 Å². The van der Waals surface area contributed by atoms with Crippen LogP contribution in [0.5, 0.6) is 0 Å². The summed E-state index contributed by atoms with van der Waals surface area (Å²) < 4.78 is 1.82. The number of Topliss-reactive ketones (excluding diaryl/α,β-unsaturated/α-hetero) is 1. The summed E-state index contributed by atoms with van der Waals surface area (Å²) in [4.78, 5) is 36.9. The van der Waals surface area contributed by atoms with E-state index in [1.807, 2.05) is 41.1 Å². The van der Waals surface area contributed by atoms with Crippen molar-refractivity contribution in [1.82, 2.24) is 9.88 Å². The average Bonchev–Trinajstić information content (AvgIpc) is 3.19. The van der Waals surface area contributed by atoms with Crippen LogP contribution in [-0.4, -0.2) is 39.0 Å². The van der Waals surface area contributed by atoms with Gasteiger partial charge in [0.25, 0.3) is 5.91 Å². The maximum atomic E-state index is 13.5. The molecule has 150 valence electrons. The zero-order valence-corrected chi connectivity index (χ0v) is 15.9. The first-order chi connectivity index (χ1) is 13.9. The van der Waals surface area contributed by atoms with Gasteiger partial charge in [0.05, 0.1) is 5.69 Å². The van der Waals surface area contributed by atoms with E-state index in [4.69, 9.17) is 5.11 Å². The Morgan fingerprint density at radius 1 is 1.07 bits per heavy atom. The smallest absolute Gasteiger partial charge is 0.322 e. The number of carboxylic acids is 1. The van der Waals surface area contributed by atoms with Gasteiger partial charge in [0.1, 0.15) is 17.7 Å². The monoisotopic (exact) mass is 394 g/mol.